The Morgan fingerprint density at radius 2 is 1.92 bits per heavy atom. The maximum Gasteiger partial charge on any atom is 0.216 e. The third kappa shape index (κ3) is 2.72. The molecule has 0 bridgehead atoms. The van der Waals surface area contributed by atoms with Gasteiger partial charge in [0.25, 0.3) is 0 Å². The van der Waals surface area contributed by atoms with E-state index in [2.05, 4.69) is 36.2 Å². The summed E-state index contributed by atoms with van der Waals surface area (Å²) in [5, 5.41) is 12.7. The molecule has 4 rings (SSSR count). The largest absolute Gasteiger partial charge is 0.360 e. The standard InChI is InChI=1S/C17H12BrN5S/c18-12-7-5-11(6-8-12)9-20-23-16(21-22-17(23)24)14-10-19-15-4-2-1-3-13(14)15/h1-10,19H,(H,22,24)/b20-9+. The molecule has 0 fully saturated rings. The average molecular weight is 398 g/mol. The molecule has 0 saturated carbocycles. The molecule has 0 radical (unpaired) electrons. The fourth-order valence-corrected chi connectivity index (χ4v) is 2.95. The number of para-hydroxylation sites is 1. The van der Waals surface area contributed by atoms with E-state index in [1.807, 2.05) is 54.7 Å². The van der Waals surface area contributed by atoms with Gasteiger partial charge in [-0.05, 0) is 36.0 Å². The van der Waals surface area contributed by atoms with Crippen LogP contribution in [-0.4, -0.2) is 26.1 Å². The van der Waals surface area contributed by atoms with E-state index in [9.17, 15) is 0 Å². The number of nitrogens with one attached hydrogen (secondary N) is 2. The summed E-state index contributed by atoms with van der Waals surface area (Å²) in [6.07, 6.45) is 3.68. The van der Waals surface area contributed by atoms with Crippen molar-refractivity contribution in [1.82, 2.24) is 19.9 Å². The number of nitrogens with zero attached hydrogens (tertiary/aromatic N) is 3. The molecule has 0 spiro atoms. The van der Waals surface area contributed by atoms with Crippen LogP contribution in [0.5, 0.6) is 0 Å². The smallest absolute Gasteiger partial charge is 0.216 e. The molecule has 2 aromatic carbocycles. The van der Waals surface area contributed by atoms with Crippen molar-refractivity contribution < 1.29 is 0 Å². The maximum absolute atomic E-state index is 5.32. The molecule has 0 amide bonds. The number of benzene rings is 2. The minimum Gasteiger partial charge on any atom is -0.360 e. The molecular formula is C17H12BrN5S. The molecule has 0 saturated heterocycles. The van der Waals surface area contributed by atoms with Gasteiger partial charge in [0.05, 0.1) is 6.21 Å². The molecule has 5 nitrogen and oxygen atoms in total. The summed E-state index contributed by atoms with van der Waals surface area (Å²) >= 11 is 8.74. The van der Waals surface area contributed by atoms with E-state index in [1.165, 1.54) is 0 Å². The van der Waals surface area contributed by atoms with Crippen LogP contribution < -0.4 is 0 Å². The highest BCUT2D eigenvalue weighted by Crippen LogP contribution is 2.27. The summed E-state index contributed by atoms with van der Waals surface area (Å²) in [6, 6.07) is 15.9. The number of aromatic nitrogens is 4. The van der Waals surface area contributed by atoms with Crippen LogP contribution in [0.2, 0.25) is 0 Å². The van der Waals surface area contributed by atoms with Crippen LogP contribution in [0.1, 0.15) is 5.56 Å². The summed E-state index contributed by atoms with van der Waals surface area (Å²) in [7, 11) is 0. The fraction of sp³-hybridized carbons (Fsp3) is 0. The van der Waals surface area contributed by atoms with Gasteiger partial charge in [-0.25, -0.2) is 5.10 Å². The van der Waals surface area contributed by atoms with Crippen LogP contribution in [-0.2, 0) is 0 Å². The lowest BCUT2D eigenvalue weighted by Crippen LogP contribution is -1.94. The van der Waals surface area contributed by atoms with E-state index in [4.69, 9.17) is 12.2 Å². The van der Waals surface area contributed by atoms with Gasteiger partial charge in [0.15, 0.2) is 5.82 Å². The SMILES string of the molecule is S=c1[nH]nc(-c2c[nH]c3ccccc23)n1/N=C/c1ccc(Br)cc1. The molecule has 0 unspecified atom stereocenters. The van der Waals surface area contributed by atoms with Crippen molar-refractivity contribution in [2.45, 2.75) is 0 Å². The third-order valence-corrected chi connectivity index (χ3v) is 4.47. The Morgan fingerprint density at radius 3 is 2.75 bits per heavy atom. The van der Waals surface area contributed by atoms with Gasteiger partial charge >= 0.3 is 0 Å². The predicted octanol–water partition coefficient (Wildman–Crippen LogP) is 4.73. The van der Waals surface area contributed by atoms with Gasteiger partial charge in [0, 0.05) is 27.1 Å². The van der Waals surface area contributed by atoms with Crippen molar-refractivity contribution in [1.29, 1.82) is 0 Å². The van der Waals surface area contributed by atoms with Gasteiger partial charge < -0.3 is 4.98 Å². The van der Waals surface area contributed by atoms with Crippen molar-refractivity contribution in [3.05, 3.63) is 69.5 Å². The van der Waals surface area contributed by atoms with E-state index in [0.717, 1.165) is 26.5 Å². The molecule has 0 atom stereocenters. The number of aromatic amines is 2. The van der Waals surface area contributed by atoms with Gasteiger partial charge in [0.1, 0.15) is 0 Å². The summed E-state index contributed by atoms with van der Waals surface area (Å²) in [5.41, 5.74) is 2.97. The van der Waals surface area contributed by atoms with Crippen LogP contribution in [0.25, 0.3) is 22.3 Å². The zero-order valence-electron chi connectivity index (χ0n) is 12.4. The minimum atomic E-state index is 0.448. The van der Waals surface area contributed by atoms with Crippen LogP contribution in [0.15, 0.2) is 64.3 Å². The van der Waals surface area contributed by atoms with Crippen molar-refractivity contribution in [3.63, 3.8) is 0 Å². The Morgan fingerprint density at radius 1 is 1.12 bits per heavy atom. The monoisotopic (exact) mass is 397 g/mol. The summed E-state index contributed by atoms with van der Waals surface area (Å²) in [6.45, 7) is 0. The lowest BCUT2D eigenvalue weighted by atomic mass is 10.2. The lowest BCUT2D eigenvalue weighted by molar-refractivity contribution is 0.872. The Bertz CT molecular complexity index is 1090. The number of H-pyrrole nitrogens is 2. The minimum absolute atomic E-state index is 0.448. The van der Waals surface area contributed by atoms with E-state index < -0.39 is 0 Å². The lowest BCUT2D eigenvalue weighted by Gasteiger charge is -2.00. The molecule has 0 aliphatic carbocycles. The average Bonchev–Trinajstić information content (AvgIpc) is 3.18. The molecule has 2 aromatic heterocycles. The van der Waals surface area contributed by atoms with E-state index in [0.29, 0.717) is 10.6 Å². The van der Waals surface area contributed by atoms with Crippen molar-refractivity contribution >= 4 is 45.3 Å². The second-order valence-corrected chi connectivity index (χ2v) is 6.51. The van der Waals surface area contributed by atoms with Crippen molar-refractivity contribution in [2.75, 3.05) is 0 Å². The molecular weight excluding hydrogens is 386 g/mol. The number of halogens is 1. The first-order valence-corrected chi connectivity index (χ1v) is 8.46. The van der Waals surface area contributed by atoms with Gasteiger partial charge in [-0.2, -0.15) is 14.9 Å². The van der Waals surface area contributed by atoms with Gasteiger partial charge in [0.2, 0.25) is 4.77 Å². The first-order chi connectivity index (χ1) is 11.7. The van der Waals surface area contributed by atoms with Crippen LogP contribution in [0.4, 0.5) is 0 Å². The summed E-state index contributed by atoms with van der Waals surface area (Å²) in [5.74, 6) is 0.672. The van der Waals surface area contributed by atoms with Crippen molar-refractivity contribution in [3.8, 4) is 11.4 Å². The van der Waals surface area contributed by atoms with Crippen molar-refractivity contribution in [2.24, 2.45) is 5.10 Å². The molecule has 2 heterocycles. The molecule has 0 aliphatic heterocycles. The molecule has 4 aromatic rings. The van der Waals surface area contributed by atoms with E-state index in [1.54, 1.807) is 10.9 Å². The van der Waals surface area contributed by atoms with Gasteiger partial charge in [-0.15, -0.1) is 0 Å². The molecule has 7 heteroatoms. The second-order valence-electron chi connectivity index (χ2n) is 5.21. The van der Waals surface area contributed by atoms with Gasteiger partial charge in [-0.1, -0.05) is 46.3 Å². The molecule has 118 valence electrons. The second kappa shape index (κ2) is 6.18. The number of fused-ring (bicyclic) bond motifs is 1. The Labute approximate surface area is 151 Å². The Kier molecular flexibility index (Phi) is 3.87. The Balaban J connectivity index is 1.79. The van der Waals surface area contributed by atoms with Crippen LogP contribution >= 0.6 is 28.1 Å². The Hall–Kier alpha value is -2.51. The van der Waals surface area contributed by atoms with Crippen LogP contribution in [0.3, 0.4) is 0 Å². The summed E-state index contributed by atoms with van der Waals surface area (Å²) < 4.78 is 3.11. The topological polar surface area (TPSA) is 61.8 Å². The highest BCUT2D eigenvalue weighted by atomic mass is 79.9. The normalized spacial score (nSPS) is 11.5. The zero-order valence-corrected chi connectivity index (χ0v) is 14.8. The molecule has 2 N–H and O–H groups in total. The maximum atomic E-state index is 5.32. The summed E-state index contributed by atoms with van der Waals surface area (Å²) in [4.78, 5) is 3.24. The number of rotatable bonds is 3. The van der Waals surface area contributed by atoms with E-state index in [-0.39, 0.29) is 0 Å². The zero-order chi connectivity index (χ0) is 16.5. The quantitative estimate of drug-likeness (QED) is 0.387. The first-order valence-electron chi connectivity index (χ1n) is 7.26. The fourth-order valence-electron chi connectivity index (χ4n) is 2.50. The third-order valence-electron chi connectivity index (χ3n) is 3.67. The van der Waals surface area contributed by atoms with Crippen LogP contribution in [0, 0.1) is 4.77 Å². The van der Waals surface area contributed by atoms with Gasteiger partial charge in [-0.3, -0.25) is 0 Å². The van der Waals surface area contributed by atoms with E-state index >= 15 is 0 Å². The number of hydrogen-bond donors (Lipinski definition) is 2. The molecule has 0 aliphatic rings. The highest BCUT2D eigenvalue weighted by Gasteiger charge is 2.12. The number of hydrogen-bond acceptors (Lipinski definition) is 3. The highest BCUT2D eigenvalue weighted by molar-refractivity contribution is 9.10. The molecule has 24 heavy (non-hydrogen) atoms. The predicted molar refractivity (Wildman–Crippen MR) is 102 cm³/mol. The first kappa shape index (κ1) is 15.0.